The van der Waals surface area contributed by atoms with Gasteiger partial charge in [0.1, 0.15) is 0 Å². The van der Waals surface area contributed by atoms with Gasteiger partial charge in [-0.3, -0.25) is 4.79 Å². The van der Waals surface area contributed by atoms with Gasteiger partial charge in [0.25, 0.3) is 0 Å². The van der Waals surface area contributed by atoms with E-state index in [0.717, 1.165) is 11.8 Å². The predicted molar refractivity (Wildman–Crippen MR) is 73.5 cm³/mol. The van der Waals surface area contributed by atoms with Crippen molar-refractivity contribution in [2.24, 2.45) is 23.5 Å². The quantitative estimate of drug-likeness (QED) is 0.812. The molecule has 1 aliphatic heterocycles. The minimum Gasteiger partial charge on any atom is -0.381 e. The molecule has 0 aromatic rings. The molecule has 19 heavy (non-hydrogen) atoms. The Hall–Kier alpha value is -0.610. The van der Waals surface area contributed by atoms with Crippen LogP contribution in [0.25, 0.3) is 0 Å². The minimum atomic E-state index is -0.704. The fourth-order valence-corrected chi connectivity index (χ4v) is 4.33. The van der Waals surface area contributed by atoms with Crippen molar-refractivity contribution < 1.29 is 9.53 Å². The third-order valence-electron chi connectivity index (χ3n) is 5.63. The molecule has 2 saturated carbocycles. The van der Waals surface area contributed by atoms with Crippen LogP contribution in [0.1, 0.15) is 45.4 Å². The lowest BCUT2D eigenvalue weighted by atomic mass is 9.83. The maximum atomic E-state index is 12.4. The van der Waals surface area contributed by atoms with Crippen molar-refractivity contribution in [3.63, 3.8) is 0 Å². The van der Waals surface area contributed by atoms with Gasteiger partial charge in [-0.05, 0) is 56.8 Å². The van der Waals surface area contributed by atoms with Gasteiger partial charge in [0.15, 0.2) is 0 Å². The molecule has 3 aliphatic rings. The SMILES string of the molecule is CC(NC(=O)C1(N)CCOCC1)C1CC2CCC1C2. The van der Waals surface area contributed by atoms with E-state index in [1.165, 1.54) is 25.7 Å². The Balaban J connectivity index is 1.57. The summed E-state index contributed by atoms with van der Waals surface area (Å²) in [7, 11) is 0. The second-order valence-corrected chi connectivity index (χ2v) is 6.87. The zero-order valence-electron chi connectivity index (χ0n) is 11.9. The number of amides is 1. The highest BCUT2D eigenvalue weighted by Gasteiger charge is 2.43. The zero-order valence-corrected chi connectivity index (χ0v) is 11.9. The van der Waals surface area contributed by atoms with E-state index in [1.54, 1.807) is 0 Å². The summed E-state index contributed by atoms with van der Waals surface area (Å²) in [5, 5.41) is 3.20. The van der Waals surface area contributed by atoms with Crippen LogP contribution in [0.3, 0.4) is 0 Å². The van der Waals surface area contributed by atoms with Crippen LogP contribution in [0.15, 0.2) is 0 Å². The van der Waals surface area contributed by atoms with E-state index in [1.807, 2.05) is 0 Å². The fourth-order valence-electron chi connectivity index (χ4n) is 4.33. The van der Waals surface area contributed by atoms with Crippen molar-refractivity contribution in [3.8, 4) is 0 Å². The molecule has 0 spiro atoms. The Morgan fingerprint density at radius 1 is 1.32 bits per heavy atom. The molecule has 4 nitrogen and oxygen atoms in total. The first-order chi connectivity index (χ1) is 9.08. The normalized spacial score (nSPS) is 38.1. The molecule has 0 aromatic carbocycles. The molecule has 0 aromatic heterocycles. The molecule has 3 N–H and O–H groups in total. The van der Waals surface area contributed by atoms with E-state index in [-0.39, 0.29) is 11.9 Å². The van der Waals surface area contributed by atoms with Crippen molar-refractivity contribution >= 4 is 5.91 Å². The number of nitrogens with one attached hydrogen (secondary N) is 1. The molecule has 1 heterocycles. The molecule has 4 heteroatoms. The largest absolute Gasteiger partial charge is 0.381 e. The van der Waals surface area contributed by atoms with E-state index in [2.05, 4.69) is 12.2 Å². The second-order valence-electron chi connectivity index (χ2n) is 6.87. The van der Waals surface area contributed by atoms with E-state index in [9.17, 15) is 4.79 Å². The number of carbonyl (C=O) groups excluding carboxylic acids is 1. The number of hydrogen-bond acceptors (Lipinski definition) is 3. The predicted octanol–water partition coefficient (Wildman–Crippen LogP) is 1.44. The Morgan fingerprint density at radius 3 is 2.63 bits per heavy atom. The molecule has 4 unspecified atom stereocenters. The van der Waals surface area contributed by atoms with Gasteiger partial charge >= 0.3 is 0 Å². The molecule has 3 rings (SSSR count). The Kier molecular flexibility index (Phi) is 3.56. The minimum absolute atomic E-state index is 0.0334. The molecule has 2 aliphatic carbocycles. The number of fused-ring (bicyclic) bond motifs is 2. The monoisotopic (exact) mass is 266 g/mol. The summed E-state index contributed by atoms with van der Waals surface area (Å²) in [4.78, 5) is 12.4. The maximum Gasteiger partial charge on any atom is 0.240 e. The van der Waals surface area contributed by atoms with Crippen LogP contribution < -0.4 is 11.1 Å². The lowest BCUT2D eigenvalue weighted by molar-refractivity contribution is -0.130. The number of rotatable bonds is 3. The standard InChI is InChI=1S/C15H26N2O2/c1-10(13-9-11-2-3-12(13)8-11)17-14(18)15(16)4-6-19-7-5-15/h10-13H,2-9,16H2,1H3,(H,17,18). The van der Waals surface area contributed by atoms with Gasteiger partial charge in [-0.25, -0.2) is 0 Å². The first-order valence-corrected chi connectivity index (χ1v) is 7.76. The topological polar surface area (TPSA) is 64.4 Å². The first-order valence-electron chi connectivity index (χ1n) is 7.76. The third kappa shape index (κ3) is 2.52. The van der Waals surface area contributed by atoms with Crippen molar-refractivity contribution in [2.75, 3.05) is 13.2 Å². The van der Waals surface area contributed by atoms with Crippen molar-refractivity contribution in [3.05, 3.63) is 0 Å². The van der Waals surface area contributed by atoms with Gasteiger partial charge in [-0.1, -0.05) is 6.42 Å². The van der Waals surface area contributed by atoms with Gasteiger partial charge in [-0.2, -0.15) is 0 Å². The average molecular weight is 266 g/mol. The van der Waals surface area contributed by atoms with Crippen LogP contribution in [0, 0.1) is 17.8 Å². The Labute approximate surface area is 115 Å². The highest BCUT2D eigenvalue weighted by atomic mass is 16.5. The number of carbonyl (C=O) groups is 1. The van der Waals surface area contributed by atoms with Crippen LogP contribution in [-0.2, 0) is 9.53 Å². The number of nitrogens with two attached hydrogens (primary N) is 1. The van der Waals surface area contributed by atoms with E-state index in [4.69, 9.17) is 10.5 Å². The summed E-state index contributed by atoms with van der Waals surface area (Å²) in [6.45, 7) is 3.37. The Bertz CT molecular complexity index is 352. The molecule has 1 saturated heterocycles. The smallest absolute Gasteiger partial charge is 0.240 e. The molecule has 4 atom stereocenters. The maximum absolute atomic E-state index is 12.4. The molecule has 1 amide bonds. The molecule has 0 radical (unpaired) electrons. The Morgan fingerprint density at radius 2 is 2.05 bits per heavy atom. The van der Waals surface area contributed by atoms with Crippen LogP contribution in [0.5, 0.6) is 0 Å². The summed E-state index contributed by atoms with van der Waals surface area (Å²) in [5.41, 5.74) is 5.53. The van der Waals surface area contributed by atoms with Gasteiger partial charge < -0.3 is 15.8 Å². The zero-order chi connectivity index (χ0) is 13.5. The van der Waals surface area contributed by atoms with Gasteiger partial charge in [-0.15, -0.1) is 0 Å². The summed E-state index contributed by atoms with van der Waals surface area (Å²) in [5.74, 6) is 2.46. The van der Waals surface area contributed by atoms with Crippen LogP contribution in [-0.4, -0.2) is 30.7 Å². The lowest BCUT2D eigenvalue weighted by Crippen LogP contribution is -2.59. The van der Waals surface area contributed by atoms with Crippen LogP contribution >= 0.6 is 0 Å². The van der Waals surface area contributed by atoms with Crippen molar-refractivity contribution in [1.82, 2.24) is 5.32 Å². The third-order valence-corrected chi connectivity index (χ3v) is 5.63. The second kappa shape index (κ2) is 5.06. The number of hydrogen-bond donors (Lipinski definition) is 2. The summed E-state index contributed by atoms with van der Waals surface area (Å²) < 4.78 is 5.30. The average Bonchev–Trinajstić information content (AvgIpc) is 3.01. The summed E-state index contributed by atoms with van der Waals surface area (Å²) in [6.07, 6.45) is 6.72. The number of ether oxygens (including phenoxy) is 1. The molecular weight excluding hydrogens is 240 g/mol. The first kappa shape index (κ1) is 13.4. The molecule has 3 fully saturated rings. The van der Waals surface area contributed by atoms with E-state index < -0.39 is 5.54 Å². The molecular formula is C15H26N2O2. The fraction of sp³-hybridized carbons (Fsp3) is 0.933. The highest BCUT2D eigenvalue weighted by molar-refractivity contribution is 5.86. The lowest BCUT2D eigenvalue weighted by Gasteiger charge is -2.35. The van der Waals surface area contributed by atoms with Crippen molar-refractivity contribution in [1.29, 1.82) is 0 Å². The summed E-state index contributed by atoms with van der Waals surface area (Å²) in [6, 6.07) is 0.270. The van der Waals surface area contributed by atoms with Crippen molar-refractivity contribution in [2.45, 2.75) is 57.0 Å². The van der Waals surface area contributed by atoms with Crippen LogP contribution in [0.2, 0.25) is 0 Å². The van der Waals surface area contributed by atoms with E-state index >= 15 is 0 Å². The molecule has 2 bridgehead atoms. The molecule has 108 valence electrons. The highest BCUT2D eigenvalue weighted by Crippen LogP contribution is 2.49. The van der Waals surface area contributed by atoms with E-state index in [0.29, 0.717) is 32.0 Å². The summed E-state index contributed by atoms with van der Waals surface area (Å²) >= 11 is 0. The van der Waals surface area contributed by atoms with Crippen LogP contribution in [0.4, 0.5) is 0 Å². The van der Waals surface area contributed by atoms with Gasteiger partial charge in [0.05, 0.1) is 5.54 Å². The van der Waals surface area contributed by atoms with Gasteiger partial charge in [0.2, 0.25) is 5.91 Å². The van der Waals surface area contributed by atoms with Gasteiger partial charge in [0, 0.05) is 19.3 Å².